The number of Topliss-reactive ketones (excluding diaryl/α,β-unsaturated/α-hetero) is 1. The molecule has 1 rings (SSSR count). The Balaban J connectivity index is 2.55. The minimum atomic E-state index is -4.80. The van der Waals surface area contributed by atoms with E-state index in [1.807, 2.05) is 24.3 Å². The number of ether oxygens (including phenoxy) is 2. The molecule has 15 heteroatoms. The molecule has 0 aliphatic heterocycles. The van der Waals surface area contributed by atoms with Crippen LogP contribution in [0.25, 0.3) is 0 Å². The van der Waals surface area contributed by atoms with Gasteiger partial charge in [0.15, 0.2) is 6.10 Å². The maximum Gasteiger partial charge on any atom is 0.472 e. The molecule has 0 aromatic heterocycles. The van der Waals surface area contributed by atoms with Crippen molar-refractivity contribution in [3.63, 3.8) is 0 Å². The van der Waals surface area contributed by atoms with Crippen LogP contribution < -0.4 is 5.73 Å². The second kappa shape index (κ2) is 35.0. The molecule has 61 heavy (non-hydrogen) atoms. The molecule has 0 radical (unpaired) electrons. The van der Waals surface area contributed by atoms with E-state index in [1.165, 1.54) is 19.3 Å². The summed E-state index contributed by atoms with van der Waals surface area (Å²) in [5.41, 5.74) is 5.32. The third kappa shape index (κ3) is 29.4. The van der Waals surface area contributed by atoms with E-state index in [0.29, 0.717) is 38.5 Å². The van der Waals surface area contributed by atoms with Crippen LogP contribution in [-0.4, -0.2) is 88.1 Å². The van der Waals surface area contributed by atoms with Crippen LogP contribution in [0.5, 0.6) is 0 Å². The van der Waals surface area contributed by atoms with E-state index in [9.17, 15) is 38.8 Å². The quantitative estimate of drug-likeness (QED) is 0.0173. The lowest BCUT2D eigenvalue weighted by atomic mass is 9.90. The average Bonchev–Trinajstić information content (AvgIpc) is 3.49. The minimum absolute atomic E-state index is 0.0119. The summed E-state index contributed by atoms with van der Waals surface area (Å²) in [7, 11) is -4.80. The first-order chi connectivity index (χ1) is 29.3. The average molecular weight is 880 g/mol. The summed E-state index contributed by atoms with van der Waals surface area (Å²) in [5, 5.41) is 29.6. The molecule has 0 spiro atoms. The predicted octanol–water partition coefficient (Wildman–Crippen LogP) is 8.31. The highest BCUT2D eigenvalue weighted by atomic mass is 31.2. The SMILES string of the molecule is CCCCC/C=C\C/C=C\C/C=C\C/C=C\CCCC(=O)O[C@H](COC(=O)CCC/C=C\C[C@H]1C(=O)C[C@@H](O)[C@@H]1/C=C/[C@@H](O)CCCCC)COP(=O)(O)OC[C@H](N)C(=O)O. The Morgan fingerprint density at radius 3 is 1.92 bits per heavy atom. The van der Waals surface area contributed by atoms with Gasteiger partial charge in [0, 0.05) is 31.1 Å². The first kappa shape index (κ1) is 55.5. The Morgan fingerprint density at radius 1 is 0.770 bits per heavy atom. The van der Waals surface area contributed by atoms with E-state index in [0.717, 1.165) is 44.9 Å². The molecule has 1 saturated carbocycles. The smallest absolute Gasteiger partial charge is 0.472 e. The van der Waals surface area contributed by atoms with Gasteiger partial charge in [-0.2, -0.15) is 0 Å². The summed E-state index contributed by atoms with van der Waals surface area (Å²) in [6, 6.07) is -1.57. The Kier molecular flexibility index (Phi) is 31.9. The van der Waals surface area contributed by atoms with Gasteiger partial charge in [0.1, 0.15) is 18.4 Å². The van der Waals surface area contributed by atoms with Gasteiger partial charge in [-0.05, 0) is 70.6 Å². The molecule has 6 N–H and O–H groups in total. The molecule has 0 heterocycles. The van der Waals surface area contributed by atoms with Crippen LogP contribution in [0.15, 0.2) is 72.9 Å². The maximum atomic E-state index is 12.6. The largest absolute Gasteiger partial charge is 0.480 e. The summed E-state index contributed by atoms with van der Waals surface area (Å²) in [6.45, 7) is 2.32. The number of carboxylic acid groups (broad SMARTS) is 1. The summed E-state index contributed by atoms with van der Waals surface area (Å²) in [5.74, 6) is -3.50. The van der Waals surface area contributed by atoms with Gasteiger partial charge in [0.25, 0.3) is 0 Å². The molecule has 14 nitrogen and oxygen atoms in total. The van der Waals surface area contributed by atoms with Gasteiger partial charge >= 0.3 is 25.7 Å². The van der Waals surface area contributed by atoms with Crippen molar-refractivity contribution in [2.24, 2.45) is 17.6 Å². The van der Waals surface area contributed by atoms with Crippen LogP contribution in [0.3, 0.4) is 0 Å². The standard InChI is InChI=1S/C46H74NO13P/c1-3-5-7-8-9-10-11-12-13-14-15-16-17-18-19-20-26-30-45(52)60-38(35-58-61(55,56)59-36-41(47)46(53)54)34-57-44(51)29-25-22-21-24-28-39-40(43(50)33-42(39)49)32-31-37(48)27-23-6-4-2/h9-10,12-13,15-16,18-19,21,24,31-32,37-41,43,48,50H,3-8,11,14,17,20,22-23,25-30,33-36,47H2,1-2H3,(H,53,54)(H,55,56)/b10-9-,13-12-,16-15-,19-18-,24-21-,32-31+/t37-,38+,39+,40+,41-,43+/m0/s1. The fourth-order valence-electron chi connectivity index (χ4n) is 6.21. The number of aliphatic hydroxyl groups excluding tert-OH is 2. The van der Waals surface area contributed by atoms with Crippen LogP contribution >= 0.6 is 7.82 Å². The maximum absolute atomic E-state index is 12.6. The number of allylic oxidation sites excluding steroid dienone is 10. The van der Waals surface area contributed by atoms with E-state index in [4.69, 9.17) is 24.8 Å². The monoisotopic (exact) mass is 879 g/mol. The molecule has 0 aromatic carbocycles. The Bertz CT molecular complexity index is 1470. The molecule has 0 aromatic rings. The molecule has 7 atom stereocenters. The number of unbranched alkanes of at least 4 members (excludes halogenated alkanes) is 7. The highest BCUT2D eigenvalue weighted by Crippen LogP contribution is 2.43. The van der Waals surface area contributed by atoms with E-state index >= 15 is 0 Å². The van der Waals surface area contributed by atoms with Crippen molar-refractivity contribution >= 4 is 31.5 Å². The molecule has 0 amide bonds. The number of carboxylic acids is 1. The number of esters is 2. The number of rotatable bonds is 36. The number of hydrogen-bond acceptors (Lipinski definition) is 12. The fourth-order valence-corrected chi connectivity index (χ4v) is 6.99. The topological polar surface area (TPSA) is 229 Å². The molecule has 1 unspecified atom stereocenters. The number of hydrogen-bond donors (Lipinski definition) is 5. The molecule has 0 saturated heterocycles. The molecule has 346 valence electrons. The highest BCUT2D eigenvalue weighted by molar-refractivity contribution is 7.47. The summed E-state index contributed by atoms with van der Waals surface area (Å²) >= 11 is 0. The van der Waals surface area contributed by atoms with E-state index in [1.54, 1.807) is 12.2 Å². The third-order valence-corrected chi connectivity index (χ3v) is 10.7. The van der Waals surface area contributed by atoms with Gasteiger partial charge in [0.2, 0.25) is 0 Å². The van der Waals surface area contributed by atoms with Crippen LogP contribution in [-0.2, 0) is 42.3 Å². The Hall–Kier alpha value is -3.49. The van der Waals surface area contributed by atoms with Gasteiger partial charge in [-0.3, -0.25) is 28.2 Å². The molecule has 1 aliphatic rings. The van der Waals surface area contributed by atoms with Crippen molar-refractivity contribution in [3.8, 4) is 0 Å². The first-order valence-electron chi connectivity index (χ1n) is 22.1. The zero-order valence-electron chi connectivity index (χ0n) is 36.4. The van der Waals surface area contributed by atoms with Crippen molar-refractivity contribution in [1.29, 1.82) is 0 Å². The predicted molar refractivity (Wildman–Crippen MR) is 236 cm³/mol. The van der Waals surface area contributed by atoms with E-state index < -0.39 is 75.8 Å². The normalized spacial score (nSPS) is 19.8. The fraction of sp³-hybridized carbons (Fsp3) is 0.652. The lowest BCUT2D eigenvalue weighted by molar-refractivity contribution is -0.161. The molecule has 1 fully saturated rings. The Labute approximate surface area is 363 Å². The number of phosphoric acid groups is 1. The number of carbonyl (C=O) groups is 4. The first-order valence-corrected chi connectivity index (χ1v) is 23.6. The van der Waals surface area contributed by atoms with Gasteiger partial charge in [0.05, 0.1) is 25.4 Å². The number of nitrogens with two attached hydrogens (primary N) is 1. The third-order valence-electron chi connectivity index (χ3n) is 9.80. The van der Waals surface area contributed by atoms with Crippen LogP contribution in [0.4, 0.5) is 0 Å². The zero-order valence-corrected chi connectivity index (χ0v) is 37.3. The summed E-state index contributed by atoms with van der Waals surface area (Å²) < 4.78 is 32.6. The molecule has 0 bridgehead atoms. The number of aliphatic hydroxyl groups is 2. The van der Waals surface area contributed by atoms with Crippen molar-refractivity contribution in [2.45, 2.75) is 160 Å². The zero-order chi connectivity index (χ0) is 45.1. The molecule has 1 aliphatic carbocycles. The van der Waals surface area contributed by atoms with Crippen molar-refractivity contribution < 1.29 is 62.5 Å². The lowest BCUT2D eigenvalue weighted by Crippen LogP contribution is -2.34. The lowest BCUT2D eigenvalue weighted by Gasteiger charge is -2.20. The molecular weight excluding hydrogens is 805 g/mol. The van der Waals surface area contributed by atoms with Crippen molar-refractivity contribution in [3.05, 3.63) is 72.9 Å². The number of ketones is 1. The summed E-state index contributed by atoms with van der Waals surface area (Å²) in [4.78, 5) is 58.7. The van der Waals surface area contributed by atoms with Crippen LogP contribution in [0, 0.1) is 11.8 Å². The highest BCUT2D eigenvalue weighted by Gasteiger charge is 2.39. The van der Waals surface area contributed by atoms with Gasteiger partial charge < -0.3 is 35.4 Å². The van der Waals surface area contributed by atoms with Gasteiger partial charge in [-0.15, -0.1) is 0 Å². The number of phosphoric ester groups is 1. The number of carbonyl (C=O) groups excluding carboxylic acids is 3. The second-order valence-corrected chi connectivity index (χ2v) is 16.7. The Morgan fingerprint density at radius 2 is 1.31 bits per heavy atom. The van der Waals surface area contributed by atoms with E-state index in [2.05, 4.69) is 54.8 Å². The van der Waals surface area contributed by atoms with Crippen LogP contribution in [0.1, 0.15) is 136 Å². The molecular formula is C46H74NO13P. The van der Waals surface area contributed by atoms with Crippen molar-refractivity contribution in [2.75, 3.05) is 19.8 Å². The van der Waals surface area contributed by atoms with E-state index in [-0.39, 0.29) is 31.0 Å². The van der Waals surface area contributed by atoms with Gasteiger partial charge in [-0.1, -0.05) is 119 Å². The second-order valence-electron chi connectivity index (χ2n) is 15.2. The van der Waals surface area contributed by atoms with Crippen LogP contribution in [0.2, 0.25) is 0 Å². The van der Waals surface area contributed by atoms with Crippen molar-refractivity contribution in [1.82, 2.24) is 0 Å². The number of aliphatic carboxylic acids is 1. The minimum Gasteiger partial charge on any atom is -0.480 e. The summed E-state index contributed by atoms with van der Waals surface area (Å²) in [6.07, 6.45) is 34.9. The van der Waals surface area contributed by atoms with Gasteiger partial charge in [-0.25, -0.2) is 4.57 Å².